The van der Waals surface area contributed by atoms with Gasteiger partial charge in [-0.05, 0) is 62.5 Å². The fraction of sp³-hybridized carbons (Fsp3) is 0.684. The zero-order chi connectivity index (χ0) is 16.3. The quantitative estimate of drug-likeness (QED) is 0.833. The molecule has 0 amide bonds. The van der Waals surface area contributed by atoms with Crippen molar-refractivity contribution in [1.29, 1.82) is 0 Å². The molecular formula is C19H30N2O2. The van der Waals surface area contributed by atoms with Crippen LogP contribution in [-0.2, 0) is 11.3 Å². The molecule has 1 atom stereocenters. The maximum absolute atomic E-state index is 5.39. The Kier molecular flexibility index (Phi) is 5.24. The van der Waals surface area contributed by atoms with E-state index in [1.54, 1.807) is 7.11 Å². The maximum Gasteiger partial charge on any atom is 0.118 e. The van der Waals surface area contributed by atoms with E-state index in [1.807, 2.05) is 7.11 Å². The summed E-state index contributed by atoms with van der Waals surface area (Å²) in [7, 11) is 5.78. The van der Waals surface area contributed by atoms with E-state index in [9.17, 15) is 0 Å². The van der Waals surface area contributed by atoms with Gasteiger partial charge in [-0.25, -0.2) is 0 Å². The second-order valence-corrected chi connectivity index (χ2v) is 7.35. The number of benzene rings is 1. The first kappa shape index (κ1) is 16.7. The lowest BCUT2D eigenvalue weighted by atomic mass is 9.76. The third-order valence-electron chi connectivity index (χ3n) is 5.72. The predicted octanol–water partition coefficient (Wildman–Crippen LogP) is 2.63. The number of hydrogen-bond donors (Lipinski definition) is 0. The van der Waals surface area contributed by atoms with Gasteiger partial charge in [0.1, 0.15) is 5.75 Å². The van der Waals surface area contributed by atoms with Gasteiger partial charge in [0.2, 0.25) is 0 Å². The lowest BCUT2D eigenvalue weighted by Gasteiger charge is -2.39. The van der Waals surface area contributed by atoms with E-state index in [2.05, 4.69) is 41.1 Å². The third kappa shape index (κ3) is 3.87. The van der Waals surface area contributed by atoms with Crippen LogP contribution in [0.3, 0.4) is 0 Å². The molecule has 1 spiro atoms. The first-order chi connectivity index (χ1) is 11.1. The van der Waals surface area contributed by atoms with Gasteiger partial charge in [-0.3, -0.25) is 4.90 Å². The largest absolute Gasteiger partial charge is 0.497 e. The van der Waals surface area contributed by atoms with Crippen LogP contribution in [0.2, 0.25) is 0 Å². The third-order valence-corrected chi connectivity index (χ3v) is 5.72. The topological polar surface area (TPSA) is 24.9 Å². The SMILES string of the molecule is COC[C@@H]1CC2(CCN(Cc3ccc(OC)cc3)CC2)CN1C. The number of rotatable bonds is 5. The highest BCUT2D eigenvalue weighted by atomic mass is 16.5. The van der Waals surface area contributed by atoms with Crippen molar-refractivity contribution in [1.82, 2.24) is 9.80 Å². The van der Waals surface area contributed by atoms with Crippen molar-refractivity contribution in [3.63, 3.8) is 0 Å². The Morgan fingerprint density at radius 2 is 1.83 bits per heavy atom. The molecule has 0 saturated carbocycles. The fourth-order valence-electron chi connectivity index (χ4n) is 4.29. The molecule has 2 heterocycles. The van der Waals surface area contributed by atoms with Crippen LogP contribution in [0.25, 0.3) is 0 Å². The Morgan fingerprint density at radius 1 is 1.13 bits per heavy atom. The molecule has 0 radical (unpaired) electrons. The molecule has 0 N–H and O–H groups in total. The minimum absolute atomic E-state index is 0.522. The minimum Gasteiger partial charge on any atom is -0.497 e. The van der Waals surface area contributed by atoms with E-state index in [0.29, 0.717) is 11.5 Å². The summed E-state index contributed by atoms with van der Waals surface area (Å²) >= 11 is 0. The van der Waals surface area contributed by atoms with Crippen molar-refractivity contribution in [3.8, 4) is 5.75 Å². The van der Waals surface area contributed by atoms with Gasteiger partial charge in [-0.15, -0.1) is 0 Å². The van der Waals surface area contributed by atoms with E-state index >= 15 is 0 Å². The van der Waals surface area contributed by atoms with Crippen LogP contribution < -0.4 is 4.74 Å². The summed E-state index contributed by atoms with van der Waals surface area (Å²) in [5, 5.41) is 0. The number of likely N-dealkylation sites (tertiary alicyclic amines) is 2. The van der Waals surface area contributed by atoms with E-state index in [0.717, 1.165) is 18.9 Å². The van der Waals surface area contributed by atoms with Gasteiger partial charge in [-0.2, -0.15) is 0 Å². The van der Waals surface area contributed by atoms with Gasteiger partial charge >= 0.3 is 0 Å². The van der Waals surface area contributed by atoms with E-state index in [1.165, 1.54) is 44.5 Å². The van der Waals surface area contributed by atoms with Gasteiger partial charge in [-0.1, -0.05) is 12.1 Å². The van der Waals surface area contributed by atoms with E-state index in [4.69, 9.17) is 9.47 Å². The molecule has 23 heavy (non-hydrogen) atoms. The van der Waals surface area contributed by atoms with Gasteiger partial charge in [0.25, 0.3) is 0 Å². The van der Waals surface area contributed by atoms with Gasteiger partial charge in [0.15, 0.2) is 0 Å². The number of piperidine rings is 1. The van der Waals surface area contributed by atoms with Crippen molar-refractivity contribution >= 4 is 0 Å². The maximum atomic E-state index is 5.39. The number of ether oxygens (including phenoxy) is 2. The number of methoxy groups -OCH3 is 2. The van der Waals surface area contributed by atoms with Crippen molar-refractivity contribution in [2.45, 2.75) is 31.8 Å². The smallest absolute Gasteiger partial charge is 0.118 e. The van der Waals surface area contributed by atoms with Crippen LogP contribution >= 0.6 is 0 Å². The van der Waals surface area contributed by atoms with Crippen LogP contribution in [0, 0.1) is 5.41 Å². The van der Waals surface area contributed by atoms with Crippen molar-refractivity contribution in [3.05, 3.63) is 29.8 Å². The Balaban J connectivity index is 1.52. The molecule has 1 aromatic rings. The number of nitrogens with zero attached hydrogens (tertiary/aromatic N) is 2. The molecule has 0 aromatic heterocycles. The monoisotopic (exact) mass is 318 g/mol. The second-order valence-electron chi connectivity index (χ2n) is 7.35. The van der Waals surface area contributed by atoms with Crippen LogP contribution in [-0.4, -0.2) is 63.4 Å². The summed E-state index contributed by atoms with van der Waals surface area (Å²) in [4.78, 5) is 5.10. The van der Waals surface area contributed by atoms with Crippen molar-refractivity contribution < 1.29 is 9.47 Å². The first-order valence-corrected chi connectivity index (χ1v) is 8.69. The highest BCUT2D eigenvalue weighted by molar-refractivity contribution is 5.27. The zero-order valence-electron chi connectivity index (χ0n) is 14.8. The highest BCUT2D eigenvalue weighted by Crippen LogP contribution is 2.43. The lowest BCUT2D eigenvalue weighted by Crippen LogP contribution is -2.40. The Bertz CT molecular complexity index is 495. The molecule has 0 bridgehead atoms. The molecule has 0 unspecified atom stereocenters. The summed E-state index contributed by atoms with van der Waals surface area (Å²) < 4.78 is 10.6. The number of likely N-dealkylation sites (N-methyl/N-ethyl adjacent to an activating group) is 1. The molecule has 0 aliphatic carbocycles. The average molecular weight is 318 g/mol. The Morgan fingerprint density at radius 3 is 2.43 bits per heavy atom. The molecular weight excluding hydrogens is 288 g/mol. The molecule has 4 nitrogen and oxygen atoms in total. The van der Waals surface area contributed by atoms with Gasteiger partial charge < -0.3 is 14.4 Å². The van der Waals surface area contributed by atoms with Gasteiger partial charge in [0.05, 0.1) is 13.7 Å². The summed E-state index contributed by atoms with van der Waals surface area (Å²) in [5.41, 5.74) is 1.90. The van der Waals surface area contributed by atoms with Crippen LogP contribution in [0.15, 0.2) is 24.3 Å². The average Bonchev–Trinajstić information content (AvgIpc) is 2.87. The Hall–Kier alpha value is -1.10. The molecule has 128 valence electrons. The molecule has 2 fully saturated rings. The first-order valence-electron chi connectivity index (χ1n) is 8.69. The molecule has 2 aliphatic rings. The van der Waals surface area contributed by atoms with Crippen molar-refractivity contribution in [2.24, 2.45) is 5.41 Å². The van der Waals surface area contributed by atoms with E-state index in [-0.39, 0.29) is 0 Å². The van der Waals surface area contributed by atoms with Crippen LogP contribution in [0.4, 0.5) is 0 Å². The number of hydrogen-bond acceptors (Lipinski definition) is 4. The molecule has 4 heteroatoms. The fourth-order valence-corrected chi connectivity index (χ4v) is 4.29. The second kappa shape index (κ2) is 7.20. The molecule has 3 rings (SSSR count). The Labute approximate surface area is 140 Å². The lowest BCUT2D eigenvalue weighted by molar-refractivity contribution is 0.105. The summed E-state index contributed by atoms with van der Waals surface area (Å²) in [6, 6.07) is 9.08. The normalized spacial score (nSPS) is 25.1. The van der Waals surface area contributed by atoms with Crippen molar-refractivity contribution in [2.75, 3.05) is 47.5 Å². The standard InChI is InChI=1S/C19H30N2O2/c1-20-15-19(12-17(20)14-22-2)8-10-21(11-9-19)13-16-4-6-18(23-3)7-5-16/h4-7,17H,8-15H2,1-3H3/t17-/m0/s1. The van der Waals surface area contributed by atoms with Crippen LogP contribution in [0.1, 0.15) is 24.8 Å². The molecule has 1 aromatic carbocycles. The molecule has 2 saturated heterocycles. The van der Waals surface area contributed by atoms with Crippen LogP contribution in [0.5, 0.6) is 5.75 Å². The van der Waals surface area contributed by atoms with Gasteiger partial charge in [0, 0.05) is 26.2 Å². The minimum atomic E-state index is 0.522. The predicted molar refractivity (Wildman–Crippen MR) is 92.8 cm³/mol. The van der Waals surface area contributed by atoms with E-state index < -0.39 is 0 Å². The molecule has 2 aliphatic heterocycles. The zero-order valence-corrected chi connectivity index (χ0v) is 14.8. The summed E-state index contributed by atoms with van der Waals surface area (Å²) in [6.07, 6.45) is 3.93. The summed E-state index contributed by atoms with van der Waals surface area (Å²) in [6.45, 7) is 5.57. The highest BCUT2D eigenvalue weighted by Gasteiger charge is 2.43. The summed E-state index contributed by atoms with van der Waals surface area (Å²) in [5.74, 6) is 0.935.